The molecule has 0 aliphatic heterocycles. The Morgan fingerprint density at radius 2 is 1.88 bits per heavy atom. The van der Waals surface area contributed by atoms with Crippen molar-refractivity contribution in [3.8, 4) is 5.75 Å². The second-order valence-corrected chi connectivity index (χ2v) is 5.25. The van der Waals surface area contributed by atoms with Crippen LogP contribution in [0.1, 0.15) is 0 Å². The van der Waals surface area contributed by atoms with E-state index in [0.29, 0.717) is 0 Å². The summed E-state index contributed by atoms with van der Waals surface area (Å²) in [7, 11) is -6.86. The lowest BCUT2D eigenvalue weighted by atomic mass is 10.3. The van der Waals surface area contributed by atoms with Crippen molar-refractivity contribution in [3.63, 3.8) is 0 Å². The van der Waals surface area contributed by atoms with E-state index in [-0.39, 0.29) is 18.5 Å². The van der Waals surface area contributed by atoms with Gasteiger partial charge in [0, 0.05) is 0 Å². The molecule has 0 bridgehead atoms. The van der Waals surface area contributed by atoms with Crippen molar-refractivity contribution in [3.05, 3.63) is 30.3 Å². The largest absolute Gasteiger partial charge is 0.527 e. The fraction of sp³-hybridized carbons (Fsp3) is 0.250. The number of phosphoric ester groups is 1. The minimum absolute atomic E-state index is 0.180. The molecule has 88 valence electrons. The SMILES string of the molecule is O=P(=O)CCOP(=O)(O)Oc1ccccc1. The van der Waals surface area contributed by atoms with Gasteiger partial charge in [0.2, 0.25) is 0 Å². The Morgan fingerprint density at radius 3 is 2.44 bits per heavy atom. The third-order valence-electron chi connectivity index (χ3n) is 1.49. The summed E-state index contributed by atoms with van der Waals surface area (Å²) in [4.78, 5) is 9.20. The van der Waals surface area contributed by atoms with Crippen LogP contribution in [-0.4, -0.2) is 17.7 Å². The van der Waals surface area contributed by atoms with Gasteiger partial charge in [-0.3, -0.25) is 9.42 Å². The normalized spacial score (nSPS) is 14.1. The highest BCUT2D eigenvalue weighted by molar-refractivity contribution is 7.47. The molecule has 0 radical (unpaired) electrons. The van der Waals surface area contributed by atoms with Crippen molar-refractivity contribution < 1.29 is 27.6 Å². The summed E-state index contributed by atoms with van der Waals surface area (Å²) in [5.41, 5.74) is 0. The molecule has 1 N–H and O–H groups in total. The zero-order valence-corrected chi connectivity index (χ0v) is 9.97. The summed E-state index contributed by atoms with van der Waals surface area (Å²) in [5, 5.41) is 0. The van der Waals surface area contributed by atoms with Crippen molar-refractivity contribution in [1.29, 1.82) is 0 Å². The number of phosphoric acid groups is 1. The van der Waals surface area contributed by atoms with E-state index in [0.717, 1.165) is 0 Å². The van der Waals surface area contributed by atoms with Crippen molar-refractivity contribution in [2.45, 2.75) is 0 Å². The molecule has 0 amide bonds. The van der Waals surface area contributed by atoms with Gasteiger partial charge in [0.1, 0.15) is 5.75 Å². The van der Waals surface area contributed by atoms with Gasteiger partial charge in [-0.1, -0.05) is 18.2 Å². The predicted octanol–water partition coefficient (Wildman–Crippen LogP) is 2.36. The minimum atomic E-state index is -4.24. The maximum Gasteiger partial charge on any atom is 0.527 e. The first-order valence-electron chi connectivity index (χ1n) is 4.33. The lowest BCUT2D eigenvalue weighted by Crippen LogP contribution is -2.00. The van der Waals surface area contributed by atoms with E-state index in [1.807, 2.05) is 0 Å². The number of rotatable bonds is 6. The molecular weight excluding hydrogens is 254 g/mol. The third kappa shape index (κ3) is 5.24. The zero-order valence-electron chi connectivity index (χ0n) is 8.18. The highest BCUT2D eigenvalue weighted by Gasteiger charge is 2.22. The highest BCUT2D eigenvalue weighted by Crippen LogP contribution is 2.43. The minimum Gasteiger partial charge on any atom is -0.404 e. The van der Waals surface area contributed by atoms with Crippen LogP contribution in [0.3, 0.4) is 0 Å². The summed E-state index contributed by atoms with van der Waals surface area (Å²) in [6.07, 6.45) is -0.321. The first-order chi connectivity index (χ1) is 7.49. The molecule has 0 spiro atoms. The van der Waals surface area contributed by atoms with Crippen molar-refractivity contribution in [2.75, 3.05) is 12.8 Å². The second kappa shape index (κ2) is 5.97. The summed E-state index contributed by atoms with van der Waals surface area (Å²) >= 11 is 0. The number of hydrogen-bond donors (Lipinski definition) is 1. The van der Waals surface area contributed by atoms with Crippen LogP contribution in [0.4, 0.5) is 0 Å². The van der Waals surface area contributed by atoms with Crippen LogP contribution in [-0.2, 0) is 18.2 Å². The molecule has 0 aliphatic rings. The molecule has 1 aromatic carbocycles. The van der Waals surface area contributed by atoms with Gasteiger partial charge in [0.25, 0.3) is 0 Å². The van der Waals surface area contributed by atoms with Gasteiger partial charge >= 0.3 is 15.5 Å². The molecule has 1 atom stereocenters. The number of benzene rings is 1. The molecular formula is C8H10O6P2. The van der Waals surface area contributed by atoms with Crippen LogP contribution in [0.2, 0.25) is 0 Å². The molecule has 0 fully saturated rings. The summed E-state index contributed by atoms with van der Waals surface area (Å²) < 4.78 is 40.8. The average Bonchev–Trinajstić information content (AvgIpc) is 2.17. The van der Waals surface area contributed by atoms with Gasteiger partial charge in [0.05, 0.1) is 12.8 Å². The molecule has 16 heavy (non-hydrogen) atoms. The Balaban J connectivity index is 2.49. The lowest BCUT2D eigenvalue weighted by Gasteiger charge is -2.11. The summed E-state index contributed by atoms with van der Waals surface area (Å²) in [6.45, 7) is -0.376. The standard InChI is InChI=1S/C8H10O6P2/c9-15(10)7-6-13-16(11,12)14-8-4-2-1-3-5-8/h1-5H,6-7H2,(H,11,12). The number of hydrogen-bond acceptors (Lipinski definition) is 5. The fourth-order valence-electron chi connectivity index (χ4n) is 0.872. The van der Waals surface area contributed by atoms with Crippen molar-refractivity contribution >= 4 is 15.5 Å². The van der Waals surface area contributed by atoms with E-state index in [1.165, 1.54) is 12.1 Å². The maximum atomic E-state index is 11.3. The summed E-state index contributed by atoms with van der Waals surface area (Å²) in [5.74, 6) is 0.180. The Kier molecular flexibility index (Phi) is 4.90. The first kappa shape index (κ1) is 13.1. The highest BCUT2D eigenvalue weighted by atomic mass is 31.2. The van der Waals surface area contributed by atoms with E-state index in [2.05, 4.69) is 9.05 Å². The quantitative estimate of drug-likeness (QED) is 0.793. The number of para-hydroxylation sites is 1. The predicted molar refractivity (Wildman–Crippen MR) is 56.0 cm³/mol. The van der Waals surface area contributed by atoms with Gasteiger partial charge in [-0.25, -0.2) is 13.7 Å². The van der Waals surface area contributed by atoms with Crippen LogP contribution >= 0.6 is 15.5 Å². The third-order valence-corrected chi connectivity index (χ3v) is 2.99. The van der Waals surface area contributed by atoms with Gasteiger partial charge in [-0.05, 0) is 12.1 Å². The molecule has 6 nitrogen and oxygen atoms in total. The van der Waals surface area contributed by atoms with Crippen LogP contribution in [0.15, 0.2) is 30.3 Å². The topological polar surface area (TPSA) is 89.9 Å². The second-order valence-electron chi connectivity index (χ2n) is 2.76. The Labute approximate surface area is 92.6 Å². The lowest BCUT2D eigenvalue weighted by molar-refractivity contribution is 0.214. The zero-order chi connectivity index (χ0) is 12.0. The Morgan fingerprint density at radius 1 is 1.25 bits per heavy atom. The van der Waals surface area contributed by atoms with Crippen LogP contribution in [0.25, 0.3) is 0 Å². The molecule has 0 heterocycles. The summed E-state index contributed by atoms with van der Waals surface area (Å²) in [6, 6.07) is 7.95. The van der Waals surface area contributed by atoms with Gasteiger partial charge in [0.15, 0.2) is 0 Å². The first-order valence-corrected chi connectivity index (χ1v) is 7.19. The van der Waals surface area contributed by atoms with Gasteiger partial charge in [-0.15, -0.1) is 0 Å². The smallest absolute Gasteiger partial charge is 0.404 e. The molecule has 0 aromatic heterocycles. The maximum absolute atomic E-state index is 11.3. The molecule has 0 saturated heterocycles. The average molecular weight is 264 g/mol. The van der Waals surface area contributed by atoms with Crippen LogP contribution in [0.5, 0.6) is 5.75 Å². The molecule has 0 aliphatic carbocycles. The molecule has 8 heteroatoms. The molecule has 1 unspecified atom stereocenters. The van der Waals surface area contributed by atoms with Crippen LogP contribution < -0.4 is 4.52 Å². The van der Waals surface area contributed by atoms with Crippen LogP contribution in [0, 0.1) is 0 Å². The van der Waals surface area contributed by atoms with E-state index in [1.54, 1.807) is 18.2 Å². The fourth-order valence-corrected chi connectivity index (χ4v) is 2.02. The monoisotopic (exact) mass is 264 g/mol. The molecule has 0 saturated carbocycles. The Bertz CT molecular complexity index is 433. The van der Waals surface area contributed by atoms with Gasteiger partial charge < -0.3 is 4.52 Å². The molecule has 1 rings (SSSR count). The van der Waals surface area contributed by atoms with Gasteiger partial charge in [-0.2, -0.15) is 0 Å². The molecule has 1 aromatic rings. The van der Waals surface area contributed by atoms with Crippen molar-refractivity contribution in [1.82, 2.24) is 0 Å². The van der Waals surface area contributed by atoms with Crippen molar-refractivity contribution in [2.24, 2.45) is 0 Å². The van der Waals surface area contributed by atoms with E-state index >= 15 is 0 Å². The Hall–Kier alpha value is -0.930. The van der Waals surface area contributed by atoms with E-state index in [9.17, 15) is 18.6 Å². The van der Waals surface area contributed by atoms with E-state index in [4.69, 9.17) is 0 Å². The van der Waals surface area contributed by atoms with E-state index < -0.39 is 15.5 Å².